The van der Waals surface area contributed by atoms with Crippen molar-refractivity contribution in [3.8, 4) is 5.75 Å². The van der Waals surface area contributed by atoms with E-state index in [1.165, 1.54) is 6.07 Å². The van der Waals surface area contributed by atoms with Gasteiger partial charge in [-0.3, -0.25) is 4.79 Å². The molecule has 0 aliphatic heterocycles. The fourth-order valence-corrected chi connectivity index (χ4v) is 1.61. The lowest BCUT2D eigenvalue weighted by Crippen LogP contribution is -2.00. The highest BCUT2D eigenvalue weighted by atomic mass is 127. The van der Waals surface area contributed by atoms with Crippen LogP contribution in [0, 0.1) is 3.57 Å². The molecule has 0 amide bonds. The van der Waals surface area contributed by atoms with Crippen LogP contribution in [0.1, 0.15) is 16.8 Å². The average molecular weight is 311 g/mol. The summed E-state index contributed by atoms with van der Waals surface area (Å²) in [5.74, 6) is 0.186. The molecule has 4 heteroatoms. The van der Waals surface area contributed by atoms with Gasteiger partial charge in [0.15, 0.2) is 5.78 Å². The second-order valence-electron chi connectivity index (χ2n) is 2.52. The molecule has 0 saturated carbocycles. The highest BCUT2D eigenvalue weighted by Crippen LogP contribution is 2.21. The van der Waals surface area contributed by atoms with E-state index < -0.39 is 0 Å². The summed E-state index contributed by atoms with van der Waals surface area (Å²) in [6.07, 6.45) is 0.259. The zero-order valence-electron chi connectivity index (χ0n) is 6.76. The Morgan fingerprint density at radius 2 is 2.23 bits per heavy atom. The van der Waals surface area contributed by atoms with Crippen molar-refractivity contribution < 1.29 is 9.90 Å². The lowest BCUT2D eigenvalue weighted by Gasteiger charge is -2.02. The number of hydrogen-bond donors (Lipinski definition) is 1. The zero-order chi connectivity index (χ0) is 9.84. The SMILES string of the molecule is O=C(CCCl)c1cc(I)ccc1O. The first kappa shape index (κ1) is 10.8. The topological polar surface area (TPSA) is 37.3 Å². The lowest BCUT2D eigenvalue weighted by molar-refractivity contribution is 0.0986. The molecular weight excluding hydrogens is 302 g/mol. The van der Waals surface area contributed by atoms with Crippen LogP contribution >= 0.6 is 34.2 Å². The molecule has 1 aromatic carbocycles. The van der Waals surface area contributed by atoms with Crippen LogP contribution in [0.25, 0.3) is 0 Å². The predicted molar refractivity (Wildman–Crippen MR) is 60.5 cm³/mol. The number of phenolic OH excluding ortho intramolecular Hbond substituents is 1. The van der Waals surface area contributed by atoms with Gasteiger partial charge in [0.05, 0.1) is 5.56 Å². The molecule has 0 fully saturated rings. The van der Waals surface area contributed by atoms with Crippen LogP contribution in [0.15, 0.2) is 18.2 Å². The van der Waals surface area contributed by atoms with Gasteiger partial charge in [0, 0.05) is 15.9 Å². The van der Waals surface area contributed by atoms with Gasteiger partial charge in [0.25, 0.3) is 0 Å². The molecule has 0 saturated heterocycles. The first-order valence-corrected chi connectivity index (χ1v) is 5.34. The lowest BCUT2D eigenvalue weighted by atomic mass is 10.1. The van der Waals surface area contributed by atoms with Gasteiger partial charge in [-0.25, -0.2) is 0 Å². The van der Waals surface area contributed by atoms with E-state index in [0.717, 1.165) is 3.57 Å². The number of halogens is 2. The molecule has 0 atom stereocenters. The molecule has 0 aromatic heterocycles. The molecule has 1 rings (SSSR count). The van der Waals surface area contributed by atoms with E-state index >= 15 is 0 Å². The van der Waals surface area contributed by atoms with E-state index in [0.29, 0.717) is 5.56 Å². The summed E-state index contributed by atoms with van der Waals surface area (Å²) in [6.45, 7) is 0. The van der Waals surface area contributed by atoms with Gasteiger partial charge in [-0.05, 0) is 40.8 Å². The monoisotopic (exact) mass is 310 g/mol. The summed E-state index contributed by atoms with van der Waals surface area (Å²) >= 11 is 7.52. The maximum Gasteiger partial charge on any atom is 0.167 e. The summed E-state index contributed by atoms with van der Waals surface area (Å²) in [7, 11) is 0. The molecular formula is C9H8ClIO2. The molecule has 0 unspecified atom stereocenters. The van der Waals surface area contributed by atoms with Gasteiger partial charge >= 0.3 is 0 Å². The largest absolute Gasteiger partial charge is 0.507 e. The quantitative estimate of drug-likeness (QED) is 0.529. The second-order valence-corrected chi connectivity index (χ2v) is 4.15. The minimum atomic E-state index is -0.119. The number of aromatic hydroxyl groups is 1. The van der Waals surface area contributed by atoms with Gasteiger partial charge in [0.1, 0.15) is 5.75 Å². The number of phenols is 1. The molecule has 1 N–H and O–H groups in total. The molecule has 0 aliphatic rings. The highest BCUT2D eigenvalue weighted by molar-refractivity contribution is 14.1. The van der Waals surface area contributed by atoms with Gasteiger partial charge < -0.3 is 5.11 Å². The smallest absolute Gasteiger partial charge is 0.167 e. The Morgan fingerprint density at radius 1 is 1.54 bits per heavy atom. The number of alkyl halides is 1. The van der Waals surface area contributed by atoms with Crippen molar-refractivity contribution in [1.82, 2.24) is 0 Å². The molecule has 0 aliphatic carbocycles. The fraction of sp³-hybridized carbons (Fsp3) is 0.222. The fourth-order valence-electron chi connectivity index (χ4n) is 0.952. The Labute approximate surface area is 95.0 Å². The third-order valence-electron chi connectivity index (χ3n) is 1.58. The Hall–Kier alpha value is -0.290. The highest BCUT2D eigenvalue weighted by Gasteiger charge is 2.10. The predicted octanol–water partition coefficient (Wildman–Crippen LogP) is 2.81. The van der Waals surface area contributed by atoms with Crippen molar-refractivity contribution in [2.24, 2.45) is 0 Å². The summed E-state index contributed by atoms with van der Waals surface area (Å²) in [4.78, 5) is 11.4. The molecule has 1 aromatic rings. The number of carbonyl (C=O) groups excluding carboxylic acids is 1. The van der Waals surface area contributed by atoms with Crippen molar-refractivity contribution in [2.75, 3.05) is 5.88 Å². The number of Topliss-reactive ketones (excluding diaryl/α,β-unsaturated/α-hetero) is 1. The van der Waals surface area contributed by atoms with Gasteiger partial charge in [-0.2, -0.15) is 0 Å². The Bertz CT molecular complexity index is 325. The Balaban J connectivity index is 2.99. The number of rotatable bonds is 3. The molecule has 0 spiro atoms. The summed E-state index contributed by atoms with van der Waals surface area (Å²) in [5, 5.41) is 9.36. The minimum absolute atomic E-state index is 0.0236. The number of benzene rings is 1. The van der Waals surface area contributed by atoms with Crippen molar-refractivity contribution in [2.45, 2.75) is 6.42 Å². The molecule has 0 radical (unpaired) electrons. The summed E-state index contributed by atoms with van der Waals surface area (Å²) in [6, 6.07) is 4.92. The van der Waals surface area contributed by atoms with Crippen LogP contribution in [0.3, 0.4) is 0 Å². The first-order valence-electron chi connectivity index (χ1n) is 3.73. The van der Waals surface area contributed by atoms with Crippen molar-refractivity contribution in [1.29, 1.82) is 0 Å². The van der Waals surface area contributed by atoms with Gasteiger partial charge in [-0.15, -0.1) is 11.6 Å². The van der Waals surface area contributed by atoms with Gasteiger partial charge in [0.2, 0.25) is 0 Å². The number of hydrogen-bond acceptors (Lipinski definition) is 2. The van der Waals surface area contributed by atoms with E-state index in [2.05, 4.69) is 22.6 Å². The Kier molecular flexibility index (Phi) is 3.99. The maximum atomic E-state index is 11.4. The molecule has 70 valence electrons. The summed E-state index contributed by atoms with van der Waals surface area (Å²) in [5.41, 5.74) is 0.354. The van der Waals surface area contributed by atoms with Crippen molar-refractivity contribution in [3.63, 3.8) is 0 Å². The van der Waals surface area contributed by atoms with E-state index in [1.807, 2.05) is 0 Å². The molecule has 13 heavy (non-hydrogen) atoms. The third-order valence-corrected chi connectivity index (χ3v) is 2.44. The van der Waals surface area contributed by atoms with Crippen LogP contribution in [0.2, 0.25) is 0 Å². The average Bonchev–Trinajstić information content (AvgIpc) is 2.09. The van der Waals surface area contributed by atoms with Gasteiger partial charge in [-0.1, -0.05) is 0 Å². The molecule has 0 heterocycles. The maximum absolute atomic E-state index is 11.4. The summed E-state index contributed by atoms with van der Waals surface area (Å²) < 4.78 is 0.924. The first-order chi connectivity index (χ1) is 6.15. The zero-order valence-corrected chi connectivity index (χ0v) is 9.67. The normalized spacial score (nSPS) is 10.0. The van der Waals surface area contributed by atoms with Crippen LogP contribution < -0.4 is 0 Å². The van der Waals surface area contributed by atoms with Crippen LogP contribution in [0.5, 0.6) is 5.75 Å². The van der Waals surface area contributed by atoms with Crippen LogP contribution in [0.4, 0.5) is 0 Å². The van der Waals surface area contributed by atoms with Crippen LogP contribution in [-0.2, 0) is 0 Å². The van der Waals surface area contributed by atoms with E-state index in [9.17, 15) is 9.90 Å². The molecule has 2 nitrogen and oxygen atoms in total. The van der Waals surface area contributed by atoms with E-state index in [1.54, 1.807) is 12.1 Å². The minimum Gasteiger partial charge on any atom is -0.507 e. The van der Waals surface area contributed by atoms with E-state index in [-0.39, 0.29) is 23.8 Å². The molecule has 0 bridgehead atoms. The van der Waals surface area contributed by atoms with E-state index in [4.69, 9.17) is 11.6 Å². The van der Waals surface area contributed by atoms with Crippen LogP contribution in [-0.4, -0.2) is 16.8 Å². The second kappa shape index (κ2) is 4.81. The number of carbonyl (C=O) groups is 1. The van der Waals surface area contributed by atoms with Crippen molar-refractivity contribution in [3.05, 3.63) is 27.3 Å². The standard InChI is InChI=1S/C9H8ClIO2/c10-4-3-9(13)7-5-6(11)1-2-8(7)12/h1-2,5,12H,3-4H2. The third kappa shape index (κ3) is 2.84. The Morgan fingerprint density at radius 3 is 2.85 bits per heavy atom. The van der Waals surface area contributed by atoms with Crippen molar-refractivity contribution >= 4 is 40.0 Å². The number of ketones is 1.